The number of rotatable bonds is 10. The lowest BCUT2D eigenvalue weighted by Crippen LogP contribution is -2.29. The van der Waals surface area contributed by atoms with Crippen LogP contribution in [0.25, 0.3) is 10.9 Å². The number of nitrogens with one attached hydrogen (secondary N) is 1. The highest BCUT2D eigenvalue weighted by Crippen LogP contribution is 2.27. The predicted molar refractivity (Wildman–Crippen MR) is 148 cm³/mol. The first kappa shape index (κ1) is 25.8. The summed E-state index contributed by atoms with van der Waals surface area (Å²) < 4.78 is 0. The molecule has 3 aromatic rings. The van der Waals surface area contributed by atoms with E-state index in [0.29, 0.717) is 5.92 Å². The van der Waals surface area contributed by atoms with E-state index < -0.39 is 0 Å². The number of hydrogen-bond acceptors (Lipinski definition) is 5. The number of unbranched alkanes of at least 4 members (excludes halogenated alkanes) is 3. The highest BCUT2D eigenvalue weighted by atomic mass is 35.5. The summed E-state index contributed by atoms with van der Waals surface area (Å²) in [6.45, 7) is 8.92. The standard InChI is InChI=1S/C29H40ClN5/c1-3-35-18-9-7-10-23(15-19-35)29-33-22(2)20-25(34-29)11-6-4-5-8-16-31-27-14-17-32-28-21-24(30)12-13-26(27)28/h12-14,17,20-21,23H,3-11,15-16,18-19H2,1-2H3,(H,31,32). The minimum atomic E-state index is 0.509. The molecule has 1 aliphatic heterocycles. The average Bonchev–Trinajstić information content (AvgIpc) is 2.83. The van der Waals surface area contributed by atoms with Crippen LogP contribution in [-0.4, -0.2) is 46.0 Å². The van der Waals surface area contributed by atoms with E-state index in [1.807, 2.05) is 30.5 Å². The normalized spacial score (nSPS) is 17.3. The van der Waals surface area contributed by atoms with Crippen LogP contribution < -0.4 is 5.32 Å². The summed E-state index contributed by atoms with van der Waals surface area (Å²) in [5, 5.41) is 5.42. The molecule has 6 heteroatoms. The molecule has 5 nitrogen and oxygen atoms in total. The molecule has 0 radical (unpaired) electrons. The van der Waals surface area contributed by atoms with Gasteiger partial charge in [0.25, 0.3) is 0 Å². The third-order valence-electron chi connectivity index (χ3n) is 7.19. The summed E-state index contributed by atoms with van der Waals surface area (Å²) in [6, 6.07) is 10.1. The van der Waals surface area contributed by atoms with Gasteiger partial charge in [-0.25, -0.2) is 9.97 Å². The Hall–Kier alpha value is -2.24. The molecule has 188 valence electrons. The van der Waals surface area contributed by atoms with Gasteiger partial charge in [-0.05, 0) is 95.4 Å². The maximum Gasteiger partial charge on any atom is 0.131 e. The second kappa shape index (κ2) is 13.2. The molecule has 0 aliphatic carbocycles. The maximum absolute atomic E-state index is 6.10. The predicted octanol–water partition coefficient (Wildman–Crippen LogP) is 7.18. The van der Waals surface area contributed by atoms with Crippen molar-refractivity contribution in [3.63, 3.8) is 0 Å². The van der Waals surface area contributed by atoms with Crippen molar-refractivity contribution < 1.29 is 0 Å². The zero-order valence-electron chi connectivity index (χ0n) is 21.4. The van der Waals surface area contributed by atoms with Crippen LogP contribution in [0.2, 0.25) is 5.02 Å². The van der Waals surface area contributed by atoms with Crippen LogP contribution in [0.3, 0.4) is 0 Å². The Kier molecular flexibility index (Phi) is 9.73. The molecule has 1 saturated heterocycles. The number of pyridine rings is 1. The Morgan fingerprint density at radius 2 is 1.89 bits per heavy atom. The number of benzene rings is 1. The van der Waals surface area contributed by atoms with Crippen molar-refractivity contribution in [2.24, 2.45) is 0 Å². The molecule has 0 saturated carbocycles. The van der Waals surface area contributed by atoms with Crippen molar-refractivity contribution in [1.29, 1.82) is 0 Å². The van der Waals surface area contributed by atoms with Crippen molar-refractivity contribution in [1.82, 2.24) is 19.9 Å². The number of nitrogens with zero attached hydrogens (tertiary/aromatic N) is 4. The molecule has 0 amide bonds. The van der Waals surface area contributed by atoms with Crippen LogP contribution in [0.4, 0.5) is 5.69 Å². The number of aromatic nitrogens is 3. The Labute approximate surface area is 215 Å². The quantitative estimate of drug-likeness (QED) is 0.303. The van der Waals surface area contributed by atoms with Gasteiger partial charge in [0.05, 0.1) is 5.52 Å². The van der Waals surface area contributed by atoms with Crippen LogP contribution in [0, 0.1) is 6.92 Å². The first-order valence-electron chi connectivity index (χ1n) is 13.5. The fourth-order valence-electron chi connectivity index (χ4n) is 5.15. The van der Waals surface area contributed by atoms with Gasteiger partial charge in [0.15, 0.2) is 0 Å². The zero-order chi connectivity index (χ0) is 24.5. The minimum Gasteiger partial charge on any atom is -0.384 e. The van der Waals surface area contributed by atoms with Crippen LogP contribution in [-0.2, 0) is 6.42 Å². The van der Waals surface area contributed by atoms with E-state index >= 15 is 0 Å². The summed E-state index contributed by atoms with van der Waals surface area (Å²) in [5.74, 6) is 1.60. The van der Waals surface area contributed by atoms with Crippen LogP contribution >= 0.6 is 11.6 Å². The fourth-order valence-corrected chi connectivity index (χ4v) is 5.31. The number of halogens is 1. The van der Waals surface area contributed by atoms with Gasteiger partial charge in [-0.3, -0.25) is 4.98 Å². The van der Waals surface area contributed by atoms with E-state index in [1.54, 1.807) is 0 Å². The van der Waals surface area contributed by atoms with E-state index in [1.165, 1.54) is 63.7 Å². The molecule has 4 rings (SSSR count). The van der Waals surface area contributed by atoms with E-state index in [9.17, 15) is 0 Å². The molecule has 1 fully saturated rings. The second-order valence-corrected chi connectivity index (χ2v) is 10.3. The Balaban J connectivity index is 1.21. The molecule has 0 spiro atoms. The highest BCUT2D eigenvalue weighted by molar-refractivity contribution is 6.31. The van der Waals surface area contributed by atoms with Crippen molar-refractivity contribution in [2.75, 3.05) is 31.5 Å². The van der Waals surface area contributed by atoms with Gasteiger partial charge in [0, 0.05) is 46.1 Å². The van der Waals surface area contributed by atoms with Gasteiger partial charge in [0.1, 0.15) is 5.82 Å². The molecule has 1 aromatic carbocycles. The fraction of sp³-hybridized carbons (Fsp3) is 0.552. The van der Waals surface area contributed by atoms with Crippen molar-refractivity contribution >= 4 is 28.2 Å². The van der Waals surface area contributed by atoms with Crippen molar-refractivity contribution in [2.45, 2.75) is 77.6 Å². The first-order valence-corrected chi connectivity index (χ1v) is 13.8. The molecule has 1 unspecified atom stereocenters. The largest absolute Gasteiger partial charge is 0.384 e. The molecule has 1 aliphatic rings. The van der Waals surface area contributed by atoms with E-state index in [2.05, 4.69) is 35.1 Å². The van der Waals surface area contributed by atoms with Gasteiger partial charge >= 0.3 is 0 Å². The lowest BCUT2D eigenvalue weighted by atomic mass is 9.94. The summed E-state index contributed by atoms with van der Waals surface area (Å²) >= 11 is 6.10. The molecule has 0 bridgehead atoms. The third-order valence-corrected chi connectivity index (χ3v) is 7.42. The lowest BCUT2D eigenvalue weighted by Gasteiger charge is -2.27. The number of anilines is 1. The Morgan fingerprint density at radius 3 is 2.77 bits per heavy atom. The molecule has 1 atom stereocenters. The zero-order valence-corrected chi connectivity index (χ0v) is 22.2. The number of hydrogen-bond donors (Lipinski definition) is 1. The van der Waals surface area contributed by atoms with Gasteiger partial charge in [-0.1, -0.05) is 37.8 Å². The average molecular weight is 494 g/mol. The van der Waals surface area contributed by atoms with Gasteiger partial charge < -0.3 is 10.2 Å². The van der Waals surface area contributed by atoms with E-state index in [0.717, 1.165) is 59.1 Å². The van der Waals surface area contributed by atoms with Gasteiger partial charge in [0.2, 0.25) is 0 Å². The van der Waals surface area contributed by atoms with Crippen LogP contribution in [0.15, 0.2) is 36.5 Å². The monoisotopic (exact) mass is 493 g/mol. The molecular formula is C29H40ClN5. The number of likely N-dealkylation sites (tertiary alicyclic amines) is 1. The minimum absolute atomic E-state index is 0.509. The first-order chi connectivity index (χ1) is 17.1. The third kappa shape index (κ3) is 7.62. The number of fused-ring (bicyclic) bond motifs is 1. The molecule has 35 heavy (non-hydrogen) atoms. The second-order valence-electron chi connectivity index (χ2n) is 9.89. The summed E-state index contributed by atoms with van der Waals surface area (Å²) in [4.78, 5) is 16.9. The van der Waals surface area contributed by atoms with Gasteiger partial charge in [-0.2, -0.15) is 0 Å². The van der Waals surface area contributed by atoms with Crippen LogP contribution in [0.1, 0.15) is 81.4 Å². The molecular weight excluding hydrogens is 454 g/mol. The number of aryl methyl sites for hydroxylation is 2. The summed E-state index contributed by atoms with van der Waals surface area (Å²) in [7, 11) is 0. The van der Waals surface area contributed by atoms with Crippen LogP contribution in [0.5, 0.6) is 0 Å². The van der Waals surface area contributed by atoms with E-state index in [4.69, 9.17) is 21.6 Å². The molecule has 2 aromatic heterocycles. The summed E-state index contributed by atoms with van der Waals surface area (Å²) in [6.07, 6.45) is 12.7. The van der Waals surface area contributed by atoms with Crippen molar-refractivity contribution in [3.05, 3.63) is 58.8 Å². The maximum atomic E-state index is 6.10. The topological polar surface area (TPSA) is 53.9 Å². The molecule has 3 heterocycles. The molecule has 1 N–H and O–H groups in total. The summed E-state index contributed by atoms with van der Waals surface area (Å²) in [5.41, 5.74) is 4.41. The van der Waals surface area contributed by atoms with E-state index in [-0.39, 0.29) is 0 Å². The Bertz CT molecular complexity index is 1090. The smallest absolute Gasteiger partial charge is 0.131 e. The Morgan fingerprint density at radius 1 is 1.00 bits per heavy atom. The van der Waals surface area contributed by atoms with Crippen molar-refractivity contribution in [3.8, 4) is 0 Å². The lowest BCUT2D eigenvalue weighted by molar-refractivity contribution is 0.246. The SMILES string of the molecule is CCN1CCCCC(c2nc(C)cc(CCCCCCNc3ccnc4cc(Cl)ccc34)n2)CC1. The van der Waals surface area contributed by atoms with Gasteiger partial charge in [-0.15, -0.1) is 0 Å². The highest BCUT2D eigenvalue weighted by Gasteiger charge is 2.19.